The molecule has 0 aliphatic heterocycles. The van der Waals surface area contributed by atoms with Gasteiger partial charge >= 0.3 is 7.60 Å². The van der Waals surface area contributed by atoms with Crippen molar-refractivity contribution in [3.05, 3.63) is 0 Å². The summed E-state index contributed by atoms with van der Waals surface area (Å²) in [5, 5.41) is 1.17. The van der Waals surface area contributed by atoms with E-state index in [9.17, 15) is 4.57 Å². The molecule has 0 aliphatic rings. The van der Waals surface area contributed by atoms with Gasteiger partial charge in [-0.25, -0.2) is 0 Å². The lowest BCUT2D eigenvalue weighted by atomic mass is 10.0. The fraction of sp³-hybridized carbons (Fsp3) is 1.00. The molecule has 0 amide bonds. The van der Waals surface area contributed by atoms with Crippen molar-refractivity contribution in [2.24, 2.45) is 0 Å². The molecule has 0 saturated carbocycles. The van der Waals surface area contributed by atoms with E-state index in [0.717, 1.165) is 12.8 Å². The van der Waals surface area contributed by atoms with E-state index in [4.69, 9.17) is 9.79 Å². The number of unbranched alkanes of at least 4 members (excludes halogenated alkanes) is 21. The zero-order valence-electron chi connectivity index (χ0n) is 19.1. The predicted molar refractivity (Wildman–Crippen MR) is 132 cm³/mol. The summed E-state index contributed by atoms with van der Waals surface area (Å²) in [4.78, 5) is 17.6. The van der Waals surface area contributed by atoms with Crippen LogP contribution in [0.15, 0.2) is 0 Å². The molecule has 0 spiro atoms. The van der Waals surface area contributed by atoms with Gasteiger partial charge in [-0.3, -0.25) is 4.57 Å². The van der Waals surface area contributed by atoms with Crippen LogP contribution >= 0.6 is 23.5 Å². The second kappa shape index (κ2) is 23.3. The molecule has 0 aromatic carbocycles. The Kier molecular flexibility index (Phi) is 23.8. The van der Waals surface area contributed by atoms with Crippen LogP contribution in [-0.2, 0) is 4.57 Å². The van der Waals surface area contributed by atoms with Crippen LogP contribution in [0.4, 0.5) is 0 Å². The summed E-state index contributed by atoms with van der Waals surface area (Å²) in [7, 11) is -3.76. The molecule has 0 rings (SSSR count). The van der Waals surface area contributed by atoms with Crippen molar-refractivity contribution in [2.75, 3.05) is 11.5 Å². The van der Waals surface area contributed by atoms with Crippen LogP contribution in [-0.4, -0.2) is 21.3 Å². The van der Waals surface area contributed by atoms with Crippen LogP contribution in [0.1, 0.15) is 141 Å². The van der Waals surface area contributed by atoms with Crippen LogP contribution in [0.3, 0.4) is 0 Å². The van der Waals surface area contributed by atoms with Crippen molar-refractivity contribution in [2.45, 2.75) is 141 Å². The Morgan fingerprint density at radius 2 is 0.621 bits per heavy atom. The van der Waals surface area contributed by atoms with Gasteiger partial charge in [-0.1, -0.05) is 144 Å². The zero-order chi connectivity index (χ0) is 21.5. The van der Waals surface area contributed by atoms with Gasteiger partial charge in [0.15, 0.2) is 0 Å². The first kappa shape index (κ1) is 29.6. The monoisotopic (exact) mass is 496 g/mol. The smallest absolute Gasteiger partial charge is 0.324 e. The van der Waals surface area contributed by atoms with E-state index in [0.29, 0.717) is 6.42 Å². The molecule has 0 fully saturated rings. The van der Waals surface area contributed by atoms with Gasteiger partial charge in [0, 0.05) is 11.5 Å². The highest BCUT2D eigenvalue weighted by Gasteiger charge is 2.10. The molecule has 0 bridgehead atoms. The Labute approximate surface area is 190 Å². The molecule has 0 aliphatic carbocycles. The highest BCUT2D eigenvalue weighted by Crippen LogP contribution is 2.35. The molecule has 2 N–H and O–H groups in total. The largest absolute Gasteiger partial charge is 0.325 e. The maximum Gasteiger partial charge on any atom is 0.325 e. The minimum Gasteiger partial charge on any atom is -0.324 e. The Morgan fingerprint density at radius 1 is 0.414 bits per heavy atom. The standard InChI is InChI=1S/C24H50BrO3P/c25-23-21-19-17-15-13-11-9-7-5-3-1-2-4-6-8-10-12-14-16-18-20-22-24-29(26,27)28/h1-24H2,(H2,26,27,28). The Bertz CT molecular complexity index is 360. The number of alkyl halides is 1. The third-order valence-corrected chi connectivity index (χ3v) is 7.29. The van der Waals surface area contributed by atoms with E-state index < -0.39 is 7.60 Å². The van der Waals surface area contributed by atoms with E-state index in [1.165, 1.54) is 127 Å². The summed E-state index contributed by atoms with van der Waals surface area (Å²) in [6.07, 6.45) is 29.3. The fourth-order valence-corrected chi connectivity index (χ4v) is 4.98. The van der Waals surface area contributed by atoms with Crippen molar-refractivity contribution in [1.82, 2.24) is 0 Å². The number of halogens is 1. The molecular formula is C24H50BrO3P. The highest BCUT2D eigenvalue weighted by atomic mass is 79.9. The lowest BCUT2D eigenvalue weighted by Gasteiger charge is -2.05. The van der Waals surface area contributed by atoms with Gasteiger partial charge in [0.25, 0.3) is 0 Å². The predicted octanol–water partition coefficient (Wildman–Crippen LogP) is 9.14. The van der Waals surface area contributed by atoms with Gasteiger partial charge in [0.05, 0.1) is 0 Å². The topological polar surface area (TPSA) is 57.5 Å². The zero-order valence-corrected chi connectivity index (χ0v) is 21.6. The summed E-state index contributed by atoms with van der Waals surface area (Å²) in [6, 6.07) is 0. The Balaban J connectivity index is 3.02. The molecule has 176 valence electrons. The van der Waals surface area contributed by atoms with Crippen LogP contribution < -0.4 is 0 Å². The molecule has 0 radical (unpaired) electrons. The number of hydrogen-bond acceptors (Lipinski definition) is 1. The number of rotatable bonds is 24. The molecule has 0 aromatic rings. The molecule has 0 aromatic heterocycles. The first-order chi connectivity index (χ1) is 14.1. The van der Waals surface area contributed by atoms with Crippen molar-refractivity contribution in [3.8, 4) is 0 Å². The summed E-state index contributed by atoms with van der Waals surface area (Å²) in [5.41, 5.74) is 0. The van der Waals surface area contributed by atoms with Crippen LogP contribution in [0.2, 0.25) is 0 Å². The normalized spacial score (nSPS) is 12.0. The van der Waals surface area contributed by atoms with E-state index in [1.54, 1.807) is 0 Å². The van der Waals surface area contributed by atoms with Crippen LogP contribution in [0.5, 0.6) is 0 Å². The molecule has 0 unspecified atom stereocenters. The van der Waals surface area contributed by atoms with Crippen molar-refractivity contribution >= 4 is 23.5 Å². The Morgan fingerprint density at radius 3 is 0.828 bits per heavy atom. The molecule has 29 heavy (non-hydrogen) atoms. The SMILES string of the molecule is O=P(O)(O)CCCCCCCCCCCCCCCCCCCCCCCCBr. The molecule has 3 nitrogen and oxygen atoms in total. The first-order valence-electron chi connectivity index (χ1n) is 12.7. The van der Waals surface area contributed by atoms with Crippen LogP contribution in [0.25, 0.3) is 0 Å². The van der Waals surface area contributed by atoms with E-state index >= 15 is 0 Å². The summed E-state index contributed by atoms with van der Waals surface area (Å²) < 4.78 is 10.7. The highest BCUT2D eigenvalue weighted by molar-refractivity contribution is 9.09. The number of hydrogen-bond donors (Lipinski definition) is 2. The van der Waals surface area contributed by atoms with Crippen molar-refractivity contribution in [1.29, 1.82) is 0 Å². The first-order valence-corrected chi connectivity index (χ1v) is 15.6. The van der Waals surface area contributed by atoms with Gasteiger partial charge < -0.3 is 9.79 Å². The third-order valence-electron chi connectivity index (χ3n) is 5.83. The minimum absolute atomic E-state index is 0.0605. The summed E-state index contributed by atoms with van der Waals surface area (Å²) >= 11 is 3.50. The summed E-state index contributed by atoms with van der Waals surface area (Å²) in [5.74, 6) is 0. The molecule has 0 heterocycles. The molecule has 0 atom stereocenters. The lowest BCUT2D eigenvalue weighted by molar-refractivity contribution is 0.370. The minimum atomic E-state index is -3.76. The average Bonchev–Trinajstić information content (AvgIpc) is 2.67. The van der Waals surface area contributed by atoms with Crippen LogP contribution in [0, 0.1) is 0 Å². The van der Waals surface area contributed by atoms with Gasteiger partial charge in [-0.15, -0.1) is 0 Å². The second-order valence-electron chi connectivity index (χ2n) is 8.86. The van der Waals surface area contributed by atoms with Gasteiger partial charge in [0.1, 0.15) is 0 Å². The van der Waals surface area contributed by atoms with E-state index in [-0.39, 0.29) is 6.16 Å². The maximum atomic E-state index is 10.7. The average molecular weight is 498 g/mol. The fourth-order valence-electron chi connectivity index (χ4n) is 3.95. The third kappa shape index (κ3) is 28.6. The molecular weight excluding hydrogens is 447 g/mol. The quantitative estimate of drug-likeness (QED) is 0.0794. The van der Waals surface area contributed by atoms with Gasteiger partial charge in [0.2, 0.25) is 0 Å². The molecule has 5 heteroatoms. The molecule has 0 saturated heterocycles. The second-order valence-corrected chi connectivity index (χ2v) is 11.4. The Hall–Kier alpha value is 0.630. The van der Waals surface area contributed by atoms with Gasteiger partial charge in [-0.2, -0.15) is 0 Å². The summed E-state index contributed by atoms with van der Waals surface area (Å²) in [6.45, 7) is 0. The van der Waals surface area contributed by atoms with E-state index in [2.05, 4.69) is 15.9 Å². The van der Waals surface area contributed by atoms with E-state index in [1.807, 2.05) is 0 Å². The van der Waals surface area contributed by atoms with Crippen molar-refractivity contribution in [3.63, 3.8) is 0 Å². The van der Waals surface area contributed by atoms with Crippen molar-refractivity contribution < 1.29 is 14.4 Å². The maximum absolute atomic E-state index is 10.7. The van der Waals surface area contributed by atoms with Gasteiger partial charge in [-0.05, 0) is 12.8 Å². The lowest BCUT2D eigenvalue weighted by Crippen LogP contribution is -1.88.